The molecule has 0 radical (unpaired) electrons. The number of halogens is 1. The van der Waals surface area contributed by atoms with Crippen molar-refractivity contribution in [1.29, 1.82) is 0 Å². The van der Waals surface area contributed by atoms with E-state index in [1.165, 1.54) is 20.0 Å². The van der Waals surface area contributed by atoms with Gasteiger partial charge in [-0.05, 0) is 39.8 Å². The zero-order valence-corrected chi connectivity index (χ0v) is 16.8. The average Bonchev–Trinajstić information content (AvgIpc) is 3.10. The van der Waals surface area contributed by atoms with Crippen molar-refractivity contribution < 1.29 is 14.3 Å². The Labute approximate surface area is 168 Å². The zero-order chi connectivity index (χ0) is 21.2. The maximum Gasteiger partial charge on any atom is 0.256 e. The van der Waals surface area contributed by atoms with Crippen LogP contribution in [-0.4, -0.2) is 55.0 Å². The summed E-state index contributed by atoms with van der Waals surface area (Å²) in [7, 11) is 0. The summed E-state index contributed by atoms with van der Waals surface area (Å²) in [5, 5.41) is 20.0. The lowest BCUT2D eigenvalue weighted by molar-refractivity contribution is -0.00177. The third-order valence-electron chi connectivity index (χ3n) is 4.32. The van der Waals surface area contributed by atoms with Gasteiger partial charge in [-0.1, -0.05) is 0 Å². The van der Waals surface area contributed by atoms with Crippen LogP contribution in [0.1, 0.15) is 38.1 Å². The van der Waals surface area contributed by atoms with Gasteiger partial charge in [-0.25, -0.2) is 9.37 Å². The molecule has 1 atom stereocenters. The number of aromatic nitrogens is 4. The summed E-state index contributed by atoms with van der Waals surface area (Å²) < 4.78 is 15.6. The van der Waals surface area contributed by atoms with E-state index in [2.05, 4.69) is 25.7 Å². The highest BCUT2D eigenvalue weighted by atomic mass is 19.1. The molecule has 0 spiro atoms. The van der Waals surface area contributed by atoms with E-state index in [1.807, 2.05) is 26.0 Å². The van der Waals surface area contributed by atoms with Gasteiger partial charge in [0.05, 0.1) is 17.8 Å². The molecule has 0 aliphatic heterocycles. The van der Waals surface area contributed by atoms with E-state index in [0.29, 0.717) is 17.2 Å². The number of nitrogens with zero attached hydrogens (tertiary/aromatic N) is 4. The van der Waals surface area contributed by atoms with Crippen LogP contribution in [0.25, 0.3) is 16.9 Å². The van der Waals surface area contributed by atoms with Gasteiger partial charge in [0, 0.05) is 36.3 Å². The number of pyridine rings is 1. The lowest BCUT2D eigenvalue weighted by Crippen LogP contribution is -2.42. The Kier molecular flexibility index (Phi) is 5.78. The first kappa shape index (κ1) is 20.7. The maximum absolute atomic E-state index is 14.0. The minimum Gasteiger partial charge on any atom is -0.387 e. The molecule has 0 saturated heterocycles. The topological polar surface area (TPSA) is 104 Å². The van der Waals surface area contributed by atoms with E-state index in [9.17, 15) is 14.3 Å². The highest BCUT2D eigenvalue weighted by molar-refractivity contribution is 5.99. The number of carbonyl (C=O) groups excluding carboxylic acids is 1. The van der Waals surface area contributed by atoms with Gasteiger partial charge in [-0.15, -0.1) is 0 Å². The number of hydrogen-bond donors (Lipinski definition) is 3. The summed E-state index contributed by atoms with van der Waals surface area (Å²) in [5.41, 5.74) is 0.735. The first-order valence-electron chi connectivity index (χ1n) is 9.37. The summed E-state index contributed by atoms with van der Waals surface area (Å²) in [5.74, 6) is -0.0517. The molecule has 3 heterocycles. The third-order valence-corrected chi connectivity index (χ3v) is 4.32. The molecule has 29 heavy (non-hydrogen) atoms. The van der Waals surface area contributed by atoms with Crippen molar-refractivity contribution in [2.75, 3.05) is 11.9 Å². The van der Waals surface area contributed by atoms with Crippen molar-refractivity contribution in [1.82, 2.24) is 24.9 Å². The van der Waals surface area contributed by atoms with Crippen LogP contribution < -0.4 is 10.6 Å². The second kappa shape index (κ2) is 8.12. The fraction of sp³-hybridized carbons (Fsp3) is 0.400. The van der Waals surface area contributed by atoms with Gasteiger partial charge in [0.25, 0.3) is 5.91 Å². The molecule has 3 N–H and O–H groups in total. The van der Waals surface area contributed by atoms with Crippen LogP contribution in [0.15, 0.2) is 36.8 Å². The molecule has 0 fully saturated rings. The molecule has 1 amide bonds. The summed E-state index contributed by atoms with van der Waals surface area (Å²) >= 11 is 0. The van der Waals surface area contributed by atoms with Crippen LogP contribution in [0.5, 0.6) is 0 Å². The van der Waals surface area contributed by atoms with Crippen molar-refractivity contribution >= 4 is 17.4 Å². The number of fused-ring (bicyclic) bond motifs is 1. The highest BCUT2D eigenvalue weighted by Gasteiger charge is 2.27. The molecule has 0 bridgehead atoms. The molecule has 3 rings (SSSR count). The van der Waals surface area contributed by atoms with E-state index in [1.54, 1.807) is 23.0 Å². The lowest BCUT2D eigenvalue weighted by Gasteiger charge is -2.22. The summed E-state index contributed by atoms with van der Waals surface area (Å²) in [6.07, 6.45) is 3.20. The maximum atomic E-state index is 14.0. The van der Waals surface area contributed by atoms with Crippen LogP contribution in [0.3, 0.4) is 0 Å². The third kappa shape index (κ3) is 4.68. The van der Waals surface area contributed by atoms with Gasteiger partial charge >= 0.3 is 0 Å². The van der Waals surface area contributed by atoms with Gasteiger partial charge in [-0.2, -0.15) is 9.61 Å². The largest absolute Gasteiger partial charge is 0.387 e. The Morgan fingerprint density at radius 2 is 2.10 bits per heavy atom. The monoisotopic (exact) mass is 400 g/mol. The lowest BCUT2D eigenvalue weighted by atomic mass is 10.0. The Morgan fingerprint density at radius 1 is 1.34 bits per heavy atom. The molecule has 3 aromatic heterocycles. The number of alkyl halides is 1. The Bertz CT molecular complexity index is 997. The SMILES string of the molecule is CC(C)Nc1c(C(=O)NC[C@@H](F)C(C)(C)O)cnc2cc(-c3cccnc3)nn12. The number of nitrogens with one attached hydrogen (secondary N) is 2. The highest BCUT2D eigenvalue weighted by Crippen LogP contribution is 2.23. The van der Waals surface area contributed by atoms with Crippen LogP contribution in [0.2, 0.25) is 0 Å². The average molecular weight is 400 g/mol. The molecule has 0 aromatic carbocycles. The molecule has 3 aromatic rings. The van der Waals surface area contributed by atoms with E-state index in [0.717, 1.165) is 5.56 Å². The predicted molar refractivity (Wildman–Crippen MR) is 109 cm³/mol. The summed E-state index contributed by atoms with van der Waals surface area (Å²) in [6, 6.07) is 5.52. The van der Waals surface area contributed by atoms with E-state index < -0.39 is 17.7 Å². The molecular weight excluding hydrogens is 375 g/mol. The smallest absolute Gasteiger partial charge is 0.256 e. The quantitative estimate of drug-likeness (QED) is 0.563. The fourth-order valence-electron chi connectivity index (χ4n) is 2.69. The summed E-state index contributed by atoms with van der Waals surface area (Å²) in [4.78, 5) is 21.1. The Morgan fingerprint density at radius 3 is 2.72 bits per heavy atom. The van der Waals surface area contributed by atoms with Gasteiger partial charge in [0.2, 0.25) is 0 Å². The van der Waals surface area contributed by atoms with Gasteiger partial charge in [-0.3, -0.25) is 9.78 Å². The molecular formula is C20H25FN6O2. The first-order valence-corrected chi connectivity index (χ1v) is 9.37. The number of amides is 1. The standard InChI is InChI=1S/C20H25FN6O2/c1-12(2)25-18-14(19(28)24-11-16(21)20(3,4)29)10-23-17-8-15(26-27(17)18)13-6-5-7-22-9-13/h5-10,12,16,25,29H,11H2,1-4H3,(H,24,28)/t16-/m1/s1. The van der Waals surface area contributed by atoms with Crippen LogP contribution in [0, 0.1) is 0 Å². The van der Waals surface area contributed by atoms with E-state index in [4.69, 9.17) is 0 Å². The minimum atomic E-state index is -1.61. The molecule has 154 valence electrons. The Hall–Kier alpha value is -3.07. The molecule has 0 unspecified atom stereocenters. The van der Waals surface area contributed by atoms with Gasteiger partial charge < -0.3 is 15.7 Å². The number of anilines is 1. The molecule has 0 saturated carbocycles. The van der Waals surface area contributed by atoms with Crippen molar-refractivity contribution in [2.45, 2.75) is 45.5 Å². The second-order valence-corrected chi connectivity index (χ2v) is 7.69. The normalized spacial score (nSPS) is 12.9. The van der Waals surface area contributed by atoms with Crippen molar-refractivity contribution in [3.05, 3.63) is 42.4 Å². The van der Waals surface area contributed by atoms with Gasteiger partial charge in [0.1, 0.15) is 17.6 Å². The first-order chi connectivity index (χ1) is 13.7. The number of aliphatic hydroxyl groups is 1. The van der Waals surface area contributed by atoms with Crippen molar-refractivity contribution in [3.8, 4) is 11.3 Å². The molecule has 0 aliphatic carbocycles. The molecule has 8 nitrogen and oxygen atoms in total. The Balaban J connectivity index is 1.97. The van der Waals surface area contributed by atoms with Crippen LogP contribution in [-0.2, 0) is 0 Å². The van der Waals surface area contributed by atoms with Crippen molar-refractivity contribution in [3.63, 3.8) is 0 Å². The number of carbonyl (C=O) groups is 1. The predicted octanol–water partition coefficient (Wildman–Crippen LogP) is 2.45. The fourth-order valence-corrected chi connectivity index (χ4v) is 2.69. The molecule has 9 heteroatoms. The van der Waals surface area contributed by atoms with Crippen molar-refractivity contribution in [2.24, 2.45) is 0 Å². The van der Waals surface area contributed by atoms with E-state index in [-0.39, 0.29) is 18.2 Å². The van der Waals surface area contributed by atoms with Crippen LogP contribution in [0.4, 0.5) is 10.2 Å². The summed E-state index contributed by atoms with van der Waals surface area (Å²) in [6.45, 7) is 6.26. The minimum absolute atomic E-state index is 0.0171. The molecule has 0 aliphatic rings. The van der Waals surface area contributed by atoms with Crippen LogP contribution >= 0.6 is 0 Å². The number of rotatable bonds is 7. The van der Waals surface area contributed by atoms with Gasteiger partial charge in [0.15, 0.2) is 5.65 Å². The second-order valence-electron chi connectivity index (χ2n) is 7.69. The zero-order valence-electron chi connectivity index (χ0n) is 16.8. The van der Waals surface area contributed by atoms with E-state index >= 15 is 0 Å². The number of hydrogen-bond acceptors (Lipinski definition) is 6.